The predicted octanol–water partition coefficient (Wildman–Crippen LogP) is 5.25. The van der Waals surface area contributed by atoms with E-state index in [1.807, 2.05) is 30.3 Å². The molecule has 3 aromatic carbocycles. The first-order valence-electron chi connectivity index (χ1n) is 10.1. The van der Waals surface area contributed by atoms with Crippen LogP contribution in [0.2, 0.25) is 0 Å². The Hall–Kier alpha value is -3.47. The van der Waals surface area contributed by atoms with Crippen molar-refractivity contribution in [2.45, 2.75) is 25.6 Å². The molecule has 3 aromatic rings. The number of hydrogen-bond donors (Lipinski definition) is 0. The summed E-state index contributed by atoms with van der Waals surface area (Å²) < 4.78 is 17.3. The largest absolute Gasteiger partial charge is 0.493 e. The number of fused-ring (bicyclic) bond motifs is 3. The summed E-state index contributed by atoms with van der Waals surface area (Å²) in [5.41, 5.74) is 5.53. The number of rotatable bonds is 4. The molecule has 0 saturated carbocycles. The van der Waals surface area contributed by atoms with Gasteiger partial charge >= 0.3 is 0 Å². The van der Waals surface area contributed by atoms with Crippen LogP contribution >= 0.6 is 0 Å². The number of para-hydroxylation sites is 1. The first-order valence-corrected chi connectivity index (χ1v) is 10.1. The summed E-state index contributed by atoms with van der Waals surface area (Å²) >= 11 is 0. The Morgan fingerprint density at radius 1 is 0.933 bits per heavy atom. The maximum Gasteiger partial charge on any atom is 0.213 e. The van der Waals surface area contributed by atoms with Gasteiger partial charge in [0.1, 0.15) is 5.75 Å². The van der Waals surface area contributed by atoms with Gasteiger partial charge in [-0.2, -0.15) is 5.10 Å². The van der Waals surface area contributed by atoms with Gasteiger partial charge in [-0.3, -0.25) is 0 Å². The molecule has 2 heterocycles. The van der Waals surface area contributed by atoms with E-state index in [9.17, 15) is 0 Å². The van der Waals surface area contributed by atoms with Crippen molar-refractivity contribution in [2.75, 3.05) is 14.2 Å². The number of hydrogen-bond acceptors (Lipinski definition) is 5. The predicted molar refractivity (Wildman–Crippen MR) is 116 cm³/mol. The standard InChI is InChI=1S/C25H24N2O3/c1-16-8-10-17(11-9-16)25-27-21(19-6-4-5-7-22(19)30-25)15-20(26-27)18-12-13-23(28-2)24(14-18)29-3/h4-14,21,25H,15H2,1-3H3/t21-,25-/m0/s1. The topological polar surface area (TPSA) is 43.3 Å². The molecule has 0 unspecified atom stereocenters. The van der Waals surface area contributed by atoms with E-state index in [0.717, 1.165) is 29.0 Å². The van der Waals surface area contributed by atoms with Crippen LogP contribution in [0.25, 0.3) is 0 Å². The fraction of sp³-hybridized carbons (Fsp3) is 0.240. The summed E-state index contributed by atoms with van der Waals surface area (Å²) in [6, 6.07) is 22.8. The van der Waals surface area contributed by atoms with Crippen LogP contribution in [0.15, 0.2) is 71.8 Å². The minimum Gasteiger partial charge on any atom is -0.493 e. The highest BCUT2D eigenvalue weighted by Gasteiger charge is 2.40. The Bertz CT molecular complexity index is 1110. The molecular weight excluding hydrogens is 376 g/mol. The van der Waals surface area contributed by atoms with E-state index < -0.39 is 0 Å². The van der Waals surface area contributed by atoms with Gasteiger partial charge in [0.25, 0.3) is 0 Å². The second-order valence-electron chi connectivity index (χ2n) is 7.64. The molecule has 2 atom stereocenters. The minimum absolute atomic E-state index is 0.129. The van der Waals surface area contributed by atoms with Crippen LogP contribution in [0.1, 0.15) is 40.9 Å². The average Bonchev–Trinajstić information content (AvgIpc) is 3.24. The van der Waals surface area contributed by atoms with Crippen molar-refractivity contribution in [3.8, 4) is 17.2 Å². The van der Waals surface area contributed by atoms with E-state index in [1.54, 1.807) is 14.2 Å². The average molecular weight is 400 g/mol. The molecule has 0 radical (unpaired) electrons. The van der Waals surface area contributed by atoms with Crippen LogP contribution in [-0.4, -0.2) is 24.9 Å². The maximum atomic E-state index is 6.41. The van der Waals surface area contributed by atoms with Crippen LogP contribution < -0.4 is 14.2 Å². The van der Waals surface area contributed by atoms with E-state index in [2.05, 4.69) is 48.3 Å². The molecule has 0 aliphatic carbocycles. The van der Waals surface area contributed by atoms with Crippen LogP contribution in [-0.2, 0) is 0 Å². The molecule has 0 amide bonds. The van der Waals surface area contributed by atoms with Crippen molar-refractivity contribution in [1.82, 2.24) is 5.01 Å². The summed E-state index contributed by atoms with van der Waals surface area (Å²) in [7, 11) is 3.30. The molecule has 5 heteroatoms. The number of aryl methyl sites for hydroxylation is 1. The van der Waals surface area contributed by atoms with E-state index in [-0.39, 0.29) is 12.3 Å². The lowest BCUT2D eigenvalue weighted by molar-refractivity contribution is -0.0190. The van der Waals surface area contributed by atoms with Crippen LogP contribution in [0, 0.1) is 6.92 Å². The monoisotopic (exact) mass is 400 g/mol. The third kappa shape index (κ3) is 3.07. The van der Waals surface area contributed by atoms with Gasteiger partial charge in [0.15, 0.2) is 11.5 Å². The SMILES string of the molecule is COc1ccc(C2=NN3[C@@H](C2)c2ccccc2O[C@H]3c2ccc(C)cc2)cc1OC. The molecule has 5 nitrogen and oxygen atoms in total. The summed E-state index contributed by atoms with van der Waals surface area (Å²) in [5, 5.41) is 7.12. The Labute approximate surface area is 176 Å². The molecule has 2 aliphatic heterocycles. The van der Waals surface area contributed by atoms with Gasteiger partial charge in [0, 0.05) is 23.1 Å². The number of ether oxygens (including phenoxy) is 3. The third-order valence-electron chi connectivity index (χ3n) is 5.78. The van der Waals surface area contributed by atoms with Gasteiger partial charge in [0.05, 0.1) is 26.0 Å². The van der Waals surface area contributed by atoms with Crippen molar-refractivity contribution in [3.05, 3.63) is 89.0 Å². The highest BCUT2D eigenvalue weighted by Crippen LogP contribution is 2.47. The Balaban J connectivity index is 1.57. The molecule has 152 valence electrons. The van der Waals surface area contributed by atoms with Crippen LogP contribution in [0.4, 0.5) is 0 Å². The zero-order valence-electron chi connectivity index (χ0n) is 17.3. The Kier molecular flexibility index (Phi) is 4.58. The van der Waals surface area contributed by atoms with Crippen LogP contribution in [0.5, 0.6) is 17.2 Å². The molecule has 0 N–H and O–H groups in total. The minimum atomic E-state index is -0.261. The summed E-state index contributed by atoms with van der Waals surface area (Å²) in [6.07, 6.45) is 0.543. The van der Waals surface area contributed by atoms with Crippen molar-refractivity contribution in [1.29, 1.82) is 0 Å². The lowest BCUT2D eigenvalue weighted by atomic mass is 9.95. The third-order valence-corrected chi connectivity index (χ3v) is 5.78. The van der Waals surface area contributed by atoms with Crippen molar-refractivity contribution in [2.24, 2.45) is 5.10 Å². The first kappa shape index (κ1) is 18.6. The number of nitrogens with zero attached hydrogens (tertiary/aromatic N) is 2. The highest BCUT2D eigenvalue weighted by molar-refractivity contribution is 6.02. The number of benzene rings is 3. The molecule has 0 bridgehead atoms. The van der Waals surface area contributed by atoms with Crippen LogP contribution in [0.3, 0.4) is 0 Å². The molecular formula is C25H24N2O3. The maximum absolute atomic E-state index is 6.41. The van der Waals surface area contributed by atoms with E-state index in [4.69, 9.17) is 19.3 Å². The van der Waals surface area contributed by atoms with Gasteiger partial charge in [-0.15, -0.1) is 0 Å². The Morgan fingerprint density at radius 2 is 1.70 bits per heavy atom. The van der Waals surface area contributed by atoms with Gasteiger partial charge < -0.3 is 14.2 Å². The quantitative estimate of drug-likeness (QED) is 0.600. The zero-order valence-corrected chi connectivity index (χ0v) is 17.3. The van der Waals surface area contributed by atoms with Crippen molar-refractivity contribution in [3.63, 3.8) is 0 Å². The lowest BCUT2D eigenvalue weighted by Crippen LogP contribution is -2.33. The smallest absolute Gasteiger partial charge is 0.213 e. The molecule has 0 saturated heterocycles. The lowest BCUT2D eigenvalue weighted by Gasteiger charge is -2.38. The molecule has 5 rings (SSSR count). The normalized spacial score (nSPS) is 19.4. The summed E-state index contributed by atoms with van der Waals surface area (Å²) in [6.45, 7) is 2.09. The molecule has 0 spiro atoms. The van der Waals surface area contributed by atoms with E-state index >= 15 is 0 Å². The second kappa shape index (κ2) is 7.41. The number of hydrazone groups is 1. The fourth-order valence-electron chi connectivity index (χ4n) is 4.18. The zero-order chi connectivity index (χ0) is 20.7. The molecule has 0 aromatic heterocycles. The van der Waals surface area contributed by atoms with Gasteiger partial charge in [-0.05, 0) is 31.2 Å². The Morgan fingerprint density at radius 3 is 2.47 bits per heavy atom. The van der Waals surface area contributed by atoms with Gasteiger partial charge in [-0.25, -0.2) is 5.01 Å². The number of methoxy groups -OCH3 is 2. The molecule has 0 fully saturated rings. The first-order chi connectivity index (χ1) is 14.7. The van der Waals surface area contributed by atoms with Crippen molar-refractivity contribution < 1.29 is 14.2 Å². The van der Waals surface area contributed by atoms with Gasteiger partial charge in [-0.1, -0.05) is 48.0 Å². The molecule has 30 heavy (non-hydrogen) atoms. The van der Waals surface area contributed by atoms with E-state index in [0.29, 0.717) is 11.5 Å². The van der Waals surface area contributed by atoms with Gasteiger partial charge in [0.2, 0.25) is 6.23 Å². The molecule has 2 aliphatic rings. The van der Waals surface area contributed by atoms with E-state index in [1.165, 1.54) is 11.1 Å². The highest BCUT2D eigenvalue weighted by atomic mass is 16.5. The summed E-state index contributed by atoms with van der Waals surface area (Å²) in [4.78, 5) is 0. The second-order valence-corrected chi connectivity index (χ2v) is 7.64. The van der Waals surface area contributed by atoms with Crippen molar-refractivity contribution >= 4 is 5.71 Å². The fourth-order valence-corrected chi connectivity index (χ4v) is 4.18. The summed E-state index contributed by atoms with van der Waals surface area (Å²) in [5.74, 6) is 2.34.